The van der Waals surface area contributed by atoms with Crippen LogP contribution in [0.5, 0.6) is 0 Å². The SMILES string of the molecule is CNCCn1c(Nc2nc3ccc(Cl)cc3s2)nc2ccccc21. The normalized spacial score (nSPS) is 11.4. The number of benzene rings is 2. The van der Waals surface area contributed by atoms with Crippen LogP contribution >= 0.6 is 22.9 Å². The first-order valence-electron chi connectivity index (χ1n) is 7.67. The Labute approximate surface area is 148 Å². The van der Waals surface area contributed by atoms with Crippen molar-refractivity contribution in [3.63, 3.8) is 0 Å². The van der Waals surface area contributed by atoms with E-state index in [4.69, 9.17) is 16.6 Å². The summed E-state index contributed by atoms with van der Waals surface area (Å²) in [7, 11) is 1.95. The van der Waals surface area contributed by atoms with Crippen molar-refractivity contribution in [3.05, 3.63) is 47.5 Å². The van der Waals surface area contributed by atoms with Crippen LogP contribution in [0.3, 0.4) is 0 Å². The number of para-hydroxylation sites is 2. The predicted molar refractivity (Wildman–Crippen MR) is 102 cm³/mol. The Morgan fingerprint density at radius 1 is 1.12 bits per heavy atom. The fourth-order valence-electron chi connectivity index (χ4n) is 2.67. The molecule has 0 fully saturated rings. The lowest BCUT2D eigenvalue weighted by Crippen LogP contribution is -2.16. The Morgan fingerprint density at radius 3 is 2.88 bits per heavy atom. The molecule has 0 saturated heterocycles. The minimum Gasteiger partial charge on any atom is -0.318 e. The molecule has 7 heteroatoms. The second-order valence-corrected chi connectivity index (χ2v) is 6.90. The second-order valence-electron chi connectivity index (χ2n) is 5.44. The van der Waals surface area contributed by atoms with Crippen LogP contribution in [0.4, 0.5) is 11.1 Å². The monoisotopic (exact) mass is 357 g/mol. The lowest BCUT2D eigenvalue weighted by atomic mass is 10.3. The summed E-state index contributed by atoms with van der Waals surface area (Å²) in [6.45, 7) is 1.69. The summed E-state index contributed by atoms with van der Waals surface area (Å²) >= 11 is 7.63. The molecule has 0 aliphatic carbocycles. The molecule has 122 valence electrons. The Hall–Kier alpha value is -2.15. The zero-order valence-electron chi connectivity index (χ0n) is 13.1. The largest absolute Gasteiger partial charge is 0.318 e. The van der Waals surface area contributed by atoms with Crippen molar-refractivity contribution in [1.29, 1.82) is 0 Å². The highest BCUT2D eigenvalue weighted by Gasteiger charge is 2.12. The third-order valence-electron chi connectivity index (χ3n) is 3.81. The van der Waals surface area contributed by atoms with Gasteiger partial charge in [-0.1, -0.05) is 35.1 Å². The van der Waals surface area contributed by atoms with E-state index >= 15 is 0 Å². The highest BCUT2D eigenvalue weighted by atomic mass is 35.5. The zero-order valence-corrected chi connectivity index (χ0v) is 14.7. The highest BCUT2D eigenvalue weighted by Crippen LogP contribution is 2.31. The van der Waals surface area contributed by atoms with E-state index < -0.39 is 0 Å². The molecule has 0 amide bonds. The molecule has 2 heterocycles. The smallest absolute Gasteiger partial charge is 0.210 e. The van der Waals surface area contributed by atoms with E-state index in [0.717, 1.165) is 50.4 Å². The van der Waals surface area contributed by atoms with Crippen LogP contribution < -0.4 is 10.6 Å². The van der Waals surface area contributed by atoms with Crippen molar-refractivity contribution in [2.45, 2.75) is 6.54 Å². The molecule has 0 aliphatic heterocycles. The van der Waals surface area contributed by atoms with Crippen molar-refractivity contribution < 1.29 is 0 Å². The summed E-state index contributed by atoms with van der Waals surface area (Å²) in [5.74, 6) is 0.802. The molecule has 4 aromatic rings. The van der Waals surface area contributed by atoms with E-state index in [2.05, 4.69) is 26.3 Å². The molecule has 2 aromatic heterocycles. The van der Waals surface area contributed by atoms with Gasteiger partial charge in [-0.05, 0) is 37.4 Å². The molecule has 2 aromatic carbocycles. The third kappa shape index (κ3) is 2.84. The number of hydrogen-bond donors (Lipinski definition) is 2. The number of nitrogens with one attached hydrogen (secondary N) is 2. The quantitative estimate of drug-likeness (QED) is 0.560. The summed E-state index contributed by atoms with van der Waals surface area (Å²) in [6.07, 6.45) is 0. The molecule has 24 heavy (non-hydrogen) atoms. The number of imidazole rings is 1. The number of likely N-dealkylation sites (N-methyl/N-ethyl adjacent to an activating group) is 1. The Kier molecular flexibility index (Phi) is 4.10. The van der Waals surface area contributed by atoms with Crippen molar-refractivity contribution in [2.24, 2.45) is 0 Å². The number of halogens is 1. The van der Waals surface area contributed by atoms with Gasteiger partial charge in [0.25, 0.3) is 0 Å². The van der Waals surface area contributed by atoms with Gasteiger partial charge in [-0.15, -0.1) is 0 Å². The van der Waals surface area contributed by atoms with Crippen molar-refractivity contribution in [1.82, 2.24) is 19.9 Å². The summed E-state index contributed by atoms with van der Waals surface area (Å²) in [6, 6.07) is 13.9. The minimum absolute atomic E-state index is 0.721. The lowest BCUT2D eigenvalue weighted by molar-refractivity contribution is 0.664. The molecule has 0 spiro atoms. The number of nitrogens with zero attached hydrogens (tertiary/aromatic N) is 3. The molecule has 0 radical (unpaired) electrons. The Bertz CT molecular complexity index is 1010. The van der Waals surface area contributed by atoms with Crippen LogP contribution in [0.15, 0.2) is 42.5 Å². The van der Waals surface area contributed by atoms with Gasteiger partial charge in [0, 0.05) is 18.1 Å². The number of anilines is 2. The van der Waals surface area contributed by atoms with Gasteiger partial charge < -0.3 is 15.2 Å². The number of hydrogen-bond acceptors (Lipinski definition) is 5. The average molecular weight is 358 g/mol. The van der Waals surface area contributed by atoms with Gasteiger partial charge in [0.2, 0.25) is 5.95 Å². The van der Waals surface area contributed by atoms with Gasteiger partial charge in [0.05, 0.1) is 21.3 Å². The summed E-state index contributed by atoms with van der Waals surface area (Å²) in [4.78, 5) is 9.33. The number of fused-ring (bicyclic) bond motifs is 2. The molecule has 5 nitrogen and oxygen atoms in total. The molecular weight excluding hydrogens is 342 g/mol. The van der Waals surface area contributed by atoms with E-state index in [1.807, 2.05) is 43.4 Å². The first kappa shape index (κ1) is 15.4. The first-order chi connectivity index (χ1) is 11.7. The first-order valence-corrected chi connectivity index (χ1v) is 8.87. The van der Waals surface area contributed by atoms with Crippen molar-refractivity contribution >= 4 is 55.3 Å². The summed E-state index contributed by atoms with van der Waals surface area (Å²) < 4.78 is 3.23. The average Bonchev–Trinajstić information content (AvgIpc) is 3.13. The molecule has 2 N–H and O–H groups in total. The van der Waals surface area contributed by atoms with E-state index in [9.17, 15) is 0 Å². The zero-order chi connectivity index (χ0) is 16.5. The van der Waals surface area contributed by atoms with E-state index in [1.165, 1.54) is 0 Å². The van der Waals surface area contributed by atoms with Gasteiger partial charge in [0.15, 0.2) is 5.13 Å². The van der Waals surface area contributed by atoms with Crippen LogP contribution in [-0.4, -0.2) is 28.1 Å². The molecule has 4 rings (SSSR count). The molecule has 0 aliphatic rings. The third-order valence-corrected chi connectivity index (χ3v) is 4.98. The maximum atomic E-state index is 6.06. The van der Waals surface area contributed by atoms with Gasteiger partial charge >= 0.3 is 0 Å². The number of aromatic nitrogens is 3. The van der Waals surface area contributed by atoms with E-state index in [0.29, 0.717) is 0 Å². The van der Waals surface area contributed by atoms with Gasteiger partial charge in [-0.3, -0.25) is 0 Å². The molecule has 0 unspecified atom stereocenters. The van der Waals surface area contributed by atoms with Crippen LogP contribution in [0.25, 0.3) is 21.3 Å². The van der Waals surface area contributed by atoms with E-state index in [-0.39, 0.29) is 0 Å². The summed E-state index contributed by atoms with van der Waals surface area (Å²) in [5, 5.41) is 8.09. The standard InChI is InChI=1S/C17H16ClN5S/c1-19-8-9-23-14-5-3-2-4-12(14)20-16(23)22-17-21-13-7-6-11(18)10-15(13)24-17/h2-7,10,19H,8-9H2,1H3,(H,20,21,22). The Morgan fingerprint density at radius 2 is 2.00 bits per heavy atom. The fourth-order valence-corrected chi connectivity index (χ4v) is 3.80. The molecule has 0 saturated carbocycles. The van der Waals surface area contributed by atoms with Gasteiger partial charge in [-0.2, -0.15) is 0 Å². The molecule has 0 bridgehead atoms. The van der Waals surface area contributed by atoms with Crippen LogP contribution in [0, 0.1) is 0 Å². The lowest BCUT2D eigenvalue weighted by Gasteiger charge is -2.08. The van der Waals surface area contributed by atoms with E-state index in [1.54, 1.807) is 11.3 Å². The minimum atomic E-state index is 0.721. The summed E-state index contributed by atoms with van der Waals surface area (Å²) in [5.41, 5.74) is 3.02. The number of thiazole rings is 1. The van der Waals surface area contributed by atoms with Crippen LogP contribution in [0.2, 0.25) is 5.02 Å². The van der Waals surface area contributed by atoms with Gasteiger partial charge in [-0.25, -0.2) is 9.97 Å². The molecule has 0 atom stereocenters. The van der Waals surface area contributed by atoms with Gasteiger partial charge in [0.1, 0.15) is 0 Å². The topological polar surface area (TPSA) is 54.8 Å². The van der Waals surface area contributed by atoms with Crippen LogP contribution in [-0.2, 0) is 6.54 Å². The second kappa shape index (κ2) is 6.39. The van der Waals surface area contributed by atoms with Crippen molar-refractivity contribution in [2.75, 3.05) is 18.9 Å². The maximum absolute atomic E-state index is 6.06. The maximum Gasteiger partial charge on any atom is 0.210 e. The molecular formula is C17H16ClN5S. The predicted octanol–water partition coefficient (Wildman–Crippen LogP) is 4.26. The number of rotatable bonds is 5. The fraction of sp³-hybridized carbons (Fsp3) is 0.176. The highest BCUT2D eigenvalue weighted by molar-refractivity contribution is 7.22. The Balaban J connectivity index is 1.74. The van der Waals surface area contributed by atoms with Crippen molar-refractivity contribution in [3.8, 4) is 0 Å². The van der Waals surface area contributed by atoms with Crippen LogP contribution in [0.1, 0.15) is 0 Å².